The van der Waals surface area contributed by atoms with Gasteiger partial charge in [0, 0.05) is 13.2 Å². The predicted octanol–water partition coefficient (Wildman–Crippen LogP) is 3.52. The summed E-state index contributed by atoms with van der Waals surface area (Å²) in [6.45, 7) is 5.38. The first kappa shape index (κ1) is 23.7. The first-order valence-corrected chi connectivity index (χ1v) is 10.7. The molecule has 0 spiro atoms. The fourth-order valence-electron chi connectivity index (χ4n) is 3.97. The lowest BCUT2D eigenvalue weighted by Gasteiger charge is -2.53. The molecule has 31 heavy (non-hydrogen) atoms. The summed E-state index contributed by atoms with van der Waals surface area (Å²) in [5.74, 6) is -0.774. The SMILES string of the molecule is COC[C@H](C)N1C(=S)N[C@H](c2cccc(Cl)c2Cl)[C@@H](C(=O)Nc2cc(C)on2)[C@@]1(C)O. The second-order valence-electron chi connectivity index (χ2n) is 7.63. The van der Waals surface area contributed by atoms with Gasteiger partial charge in [-0.15, -0.1) is 0 Å². The van der Waals surface area contributed by atoms with Gasteiger partial charge >= 0.3 is 0 Å². The highest BCUT2D eigenvalue weighted by Gasteiger charge is 2.54. The summed E-state index contributed by atoms with van der Waals surface area (Å²) >= 11 is 18.2. The van der Waals surface area contributed by atoms with Crippen LogP contribution in [0.15, 0.2) is 28.8 Å². The van der Waals surface area contributed by atoms with Crippen LogP contribution in [0.3, 0.4) is 0 Å². The number of thiocarbonyl (C=S) groups is 1. The van der Waals surface area contributed by atoms with E-state index in [1.54, 1.807) is 43.2 Å². The van der Waals surface area contributed by atoms with Crippen molar-refractivity contribution in [2.45, 2.75) is 38.6 Å². The Balaban J connectivity index is 2.07. The Bertz CT molecular complexity index is 984. The van der Waals surface area contributed by atoms with Gasteiger partial charge in [-0.05, 0) is 44.6 Å². The quantitative estimate of drug-likeness (QED) is 0.533. The number of halogens is 2. The number of hydrogen-bond acceptors (Lipinski definition) is 6. The van der Waals surface area contributed by atoms with E-state index in [1.165, 1.54) is 6.92 Å². The van der Waals surface area contributed by atoms with E-state index >= 15 is 0 Å². The molecule has 1 saturated heterocycles. The minimum absolute atomic E-state index is 0.235. The molecule has 1 aliphatic heterocycles. The van der Waals surface area contributed by atoms with Gasteiger partial charge in [-0.1, -0.05) is 40.5 Å². The number of hydrogen-bond donors (Lipinski definition) is 3. The van der Waals surface area contributed by atoms with Gasteiger partial charge < -0.3 is 29.9 Å². The molecule has 0 bridgehead atoms. The number of anilines is 1. The van der Waals surface area contributed by atoms with Gasteiger partial charge in [0.05, 0.1) is 28.7 Å². The number of benzene rings is 1. The van der Waals surface area contributed by atoms with Crippen molar-refractivity contribution in [3.05, 3.63) is 45.6 Å². The molecule has 1 amide bonds. The first-order valence-electron chi connectivity index (χ1n) is 9.57. The molecule has 1 aromatic heterocycles. The molecule has 168 valence electrons. The van der Waals surface area contributed by atoms with Crippen molar-refractivity contribution < 1.29 is 19.2 Å². The van der Waals surface area contributed by atoms with Crippen LogP contribution in [0.25, 0.3) is 0 Å². The van der Waals surface area contributed by atoms with Crippen LogP contribution in [-0.4, -0.2) is 51.7 Å². The third kappa shape index (κ3) is 4.65. The Kier molecular flexibility index (Phi) is 7.12. The van der Waals surface area contributed by atoms with Crippen molar-refractivity contribution in [2.24, 2.45) is 5.92 Å². The molecule has 3 N–H and O–H groups in total. The van der Waals surface area contributed by atoms with Crippen molar-refractivity contribution in [1.29, 1.82) is 0 Å². The van der Waals surface area contributed by atoms with E-state index < -0.39 is 23.6 Å². The van der Waals surface area contributed by atoms with E-state index in [0.29, 0.717) is 16.3 Å². The topological polar surface area (TPSA) is 99.9 Å². The Morgan fingerprint density at radius 2 is 2.23 bits per heavy atom. The lowest BCUT2D eigenvalue weighted by Crippen LogP contribution is -2.70. The van der Waals surface area contributed by atoms with Gasteiger partial charge in [-0.3, -0.25) is 4.79 Å². The predicted molar refractivity (Wildman–Crippen MR) is 122 cm³/mol. The molecule has 1 fully saturated rings. The minimum Gasteiger partial charge on any atom is -0.383 e. The standard InChI is InChI=1S/C20H24Cl2N4O4S/c1-10(9-29-4)26-19(31)24-17(12-6-5-7-13(21)16(12)22)15(20(26,3)28)18(27)23-14-8-11(2)30-25-14/h5-8,10,15,17,28H,9H2,1-4H3,(H,24,31)(H,23,25,27)/t10-,15-,17+,20+/m0/s1. The fourth-order valence-corrected chi connectivity index (χ4v) is 4.88. The van der Waals surface area contributed by atoms with Crippen LogP contribution >= 0.6 is 35.4 Å². The van der Waals surface area contributed by atoms with E-state index in [4.69, 9.17) is 44.7 Å². The fraction of sp³-hybridized carbons (Fsp3) is 0.450. The largest absolute Gasteiger partial charge is 0.383 e. The number of carbonyl (C=O) groups excluding carboxylic acids is 1. The van der Waals surface area contributed by atoms with Gasteiger partial charge in [0.1, 0.15) is 11.7 Å². The molecular weight excluding hydrogens is 463 g/mol. The van der Waals surface area contributed by atoms with Crippen LogP contribution in [0, 0.1) is 12.8 Å². The zero-order valence-corrected chi connectivity index (χ0v) is 19.8. The van der Waals surface area contributed by atoms with Crippen LogP contribution in [0.5, 0.6) is 0 Å². The summed E-state index contributed by atoms with van der Waals surface area (Å²) in [7, 11) is 1.55. The molecule has 4 atom stereocenters. The Labute approximate surface area is 195 Å². The molecule has 11 heteroatoms. The summed E-state index contributed by atoms with van der Waals surface area (Å²) < 4.78 is 10.3. The molecule has 3 rings (SSSR count). The highest BCUT2D eigenvalue weighted by atomic mass is 35.5. The second kappa shape index (κ2) is 9.30. The number of aryl methyl sites for hydroxylation is 1. The molecule has 2 aromatic rings. The summed E-state index contributed by atoms with van der Waals surface area (Å²) in [5, 5.41) is 22.2. The van der Waals surface area contributed by atoms with Crippen molar-refractivity contribution in [3.8, 4) is 0 Å². The van der Waals surface area contributed by atoms with E-state index in [9.17, 15) is 9.90 Å². The van der Waals surface area contributed by atoms with Crippen LogP contribution in [-0.2, 0) is 9.53 Å². The number of aromatic nitrogens is 1. The van der Waals surface area contributed by atoms with Gasteiger partial charge in [-0.25, -0.2) is 0 Å². The normalized spacial score (nSPS) is 24.6. The average molecular weight is 487 g/mol. The highest BCUT2D eigenvalue weighted by Crippen LogP contribution is 2.42. The van der Waals surface area contributed by atoms with E-state index in [2.05, 4.69) is 15.8 Å². The van der Waals surface area contributed by atoms with Crippen molar-refractivity contribution in [3.63, 3.8) is 0 Å². The zero-order chi connectivity index (χ0) is 22.9. The van der Waals surface area contributed by atoms with E-state index in [1.807, 2.05) is 6.92 Å². The van der Waals surface area contributed by atoms with Crippen LogP contribution in [0.2, 0.25) is 10.0 Å². The molecule has 0 radical (unpaired) electrons. The Morgan fingerprint density at radius 1 is 1.52 bits per heavy atom. The monoisotopic (exact) mass is 486 g/mol. The van der Waals surface area contributed by atoms with Crippen LogP contribution in [0.4, 0.5) is 5.82 Å². The molecule has 0 unspecified atom stereocenters. The maximum atomic E-state index is 13.4. The number of nitrogens with one attached hydrogen (secondary N) is 2. The summed E-state index contributed by atoms with van der Waals surface area (Å²) in [5.41, 5.74) is -1.16. The third-order valence-corrected chi connectivity index (χ3v) is 6.38. The molecule has 1 aliphatic rings. The first-order chi connectivity index (χ1) is 14.6. The van der Waals surface area contributed by atoms with Gasteiger partial charge in [-0.2, -0.15) is 0 Å². The minimum atomic E-state index is -1.69. The lowest BCUT2D eigenvalue weighted by molar-refractivity contribution is -0.159. The van der Waals surface area contributed by atoms with E-state index in [-0.39, 0.29) is 28.6 Å². The van der Waals surface area contributed by atoms with Crippen LogP contribution < -0.4 is 10.6 Å². The third-order valence-electron chi connectivity index (χ3n) is 5.23. The summed E-state index contributed by atoms with van der Waals surface area (Å²) in [6.07, 6.45) is 0. The highest BCUT2D eigenvalue weighted by molar-refractivity contribution is 7.80. The maximum absolute atomic E-state index is 13.4. The number of ether oxygens (including phenoxy) is 1. The van der Waals surface area contributed by atoms with Gasteiger partial charge in [0.2, 0.25) is 5.91 Å². The Hall–Kier alpha value is -1.91. The average Bonchev–Trinajstić information content (AvgIpc) is 3.07. The molecule has 0 aliphatic carbocycles. The molecular formula is C20H24Cl2N4O4S. The molecule has 2 heterocycles. The number of methoxy groups -OCH3 is 1. The number of amides is 1. The summed E-state index contributed by atoms with van der Waals surface area (Å²) in [4.78, 5) is 15.0. The molecule has 1 aromatic carbocycles. The van der Waals surface area contributed by atoms with Crippen molar-refractivity contribution in [1.82, 2.24) is 15.4 Å². The van der Waals surface area contributed by atoms with Crippen molar-refractivity contribution >= 4 is 52.3 Å². The lowest BCUT2D eigenvalue weighted by atomic mass is 9.81. The number of rotatable bonds is 6. The van der Waals surface area contributed by atoms with Gasteiger partial charge in [0.15, 0.2) is 16.7 Å². The molecule has 8 nitrogen and oxygen atoms in total. The van der Waals surface area contributed by atoms with E-state index in [0.717, 1.165) is 0 Å². The second-order valence-corrected chi connectivity index (χ2v) is 8.80. The van der Waals surface area contributed by atoms with Crippen molar-refractivity contribution in [2.75, 3.05) is 19.0 Å². The maximum Gasteiger partial charge on any atom is 0.236 e. The number of nitrogens with zero attached hydrogens (tertiary/aromatic N) is 2. The summed E-state index contributed by atoms with van der Waals surface area (Å²) in [6, 6.07) is 5.61. The zero-order valence-electron chi connectivity index (χ0n) is 17.5. The molecule has 0 saturated carbocycles. The Morgan fingerprint density at radius 3 is 2.84 bits per heavy atom. The van der Waals surface area contributed by atoms with Crippen LogP contribution in [0.1, 0.15) is 31.2 Å². The number of aliphatic hydroxyl groups is 1. The van der Waals surface area contributed by atoms with Gasteiger partial charge in [0.25, 0.3) is 0 Å². The number of carbonyl (C=O) groups is 1. The smallest absolute Gasteiger partial charge is 0.236 e.